The summed E-state index contributed by atoms with van der Waals surface area (Å²) in [5, 5.41) is 6.85. The fraction of sp³-hybridized carbons (Fsp3) is 0.231. The minimum Gasteiger partial charge on any atom is -0.461 e. The number of carbonyl (C=O) groups is 1. The van der Waals surface area contributed by atoms with Crippen molar-refractivity contribution in [2.45, 2.75) is 13.8 Å². The van der Waals surface area contributed by atoms with E-state index in [2.05, 4.69) is 26.1 Å². The van der Waals surface area contributed by atoms with Crippen molar-refractivity contribution < 1.29 is 9.53 Å². The monoisotopic (exact) mass is 308 g/mol. The molecule has 0 aliphatic rings. The highest BCUT2D eigenvalue weighted by atomic mass is 79.9. The predicted octanol–water partition coefficient (Wildman–Crippen LogP) is 3.32. The summed E-state index contributed by atoms with van der Waals surface area (Å²) in [7, 11) is 0. The van der Waals surface area contributed by atoms with Gasteiger partial charge in [-0.25, -0.2) is 4.79 Å². The Morgan fingerprint density at radius 2 is 2.06 bits per heavy atom. The number of aromatic nitrogens is 2. The van der Waals surface area contributed by atoms with Crippen molar-refractivity contribution in [1.82, 2.24) is 10.2 Å². The number of aromatic amines is 1. The molecule has 4 nitrogen and oxygen atoms in total. The van der Waals surface area contributed by atoms with Crippen LogP contribution >= 0.6 is 15.9 Å². The molecule has 2 aromatic rings. The third-order valence-corrected chi connectivity index (χ3v) is 3.28. The van der Waals surface area contributed by atoms with Crippen LogP contribution in [0.5, 0.6) is 0 Å². The van der Waals surface area contributed by atoms with E-state index in [9.17, 15) is 4.79 Å². The van der Waals surface area contributed by atoms with E-state index in [-0.39, 0.29) is 0 Å². The zero-order valence-electron chi connectivity index (χ0n) is 10.2. The minimum absolute atomic E-state index is 0.337. The van der Waals surface area contributed by atoms with Gasteiger partial charge >= 0.3 is 5.97 Å². The summed E-state index contributed by atoms with van der Waals surface area (Å²) in [4.78, 5) is 11.6. The normalized spacial score (nSPS) is 10.4. The van der Waals surface area contributed by atoms with Crippen molar-refractivity contribution in [2.75, 3.05) is 6.61 Å². The summed E-state index contributed by atoms with van der Waals surface area (Å²) in [5.41, 5.74) is 3.17. The molecule has 5 heteroatoms. The zero-order valence-corrected chi connectivity index (χ0v) is 11.7. The number of hydrogen-bond donors (Lipinski definition) is 1. The number of nitrogens with one attached hydrogen (secondary N) is 1. The van der Waals surface area contributed by atoms with Crippen molar-refractivity contribution in [3.63, 3.8) is 0 Å². The highest BCUT2D eigenvalue weighted by molar-refractivity contribution is 9.10. The molecular weight excluding hydrogens is 296 g/mol. The van der Waals surface area contributed by atoms with Crippen LogP contribution in [0.4, 0.5) is 0 Å². The molecule has 1 aromatic carbocycles. The lowest BCUT2D eigenvalue weighted by atomic mass is 10.1. The average Bonchev–Trinajstić information content (AvgIpc) is 2.73. The van der Waals surface area contributed by atoms with Gasteiger partial charge in [0.25, 0.3) is 0 Å². The first-order chi connectivity index (χ1) is 8.63. The highest BCUT2D eigenvalue weighted by Crippen LogP contribution is 2.29. The summed E-state index contributed by atoms with van der Waals surface area (Å²) >= 11 is 3.38. The van der Waals surface area contributed by atoms with Crippen LogP contribution in [0, 0.1) is 6.92 Å². The lowest BCUT2D eigenvalue weighted by Crippen LogP contribution is -2.05. The molecule has 0 aliphatic carbocycles. The van der Waals surface area contributed by atoms with Gasteiger partial charge in [0, 0.05) is 5.56 Å². The van der Waals surface area contributed by atoms with Crippen LogP contribution in [0.2, 0.25) is 0 Å². The fourth-order valence-corrected chi connectivity index (χ4v) is 2.14. The molecule has 1 aromatic heterocycles. The predicted molar refractivity (Wildman–Crippen MR) is 72.4 cm³/mol. The molecule has 0 saturated heterocycles. The summed E-state index contributed by atoms with van der Waals surface area (Å²) in [6.07, 6.45) is 0. The lowest BCUT2D eigenvalue weighted by Gasteiger charge is -2.00. The molecule has 0 atom stereocenters. The van der Waals surface area contributed by atoms with Gasteiger partial charge in [-0.05, 0) is 29.8 Å². The molecular formula is C13H13BrN2O2. The summed E-state index contributed by atoms with van der Waals surface area (Å²) in [5.74, 6) is -0.407. The number of carbonyl (C=O) groups excluding carboxylic acids is 1. The first-order valence-corrected chi connectivity index (χ1v) is 6.40. The Morgan fingerprint density at radius 3 is 2.67 bits per heavy atom. The molecule has 0 amide bonds. The number of aryl methyl sites for hydroxylation is 1. The quantitative estimate of drug-likeness (QED) is 0.885. The number of ether oxygens (including phenoxy) is 1. The maximum atomic E-state index is 11.6. The topological polar surface area (TPSA) is 55.0 Å². The Bertz CT molecular complexity index is 561. The minimum atomic E-state index is -0.407. The Balaban J connectivity index is 2.36. The van der Waals surface area contributed by atoms with Crippen LogP contribution in [-0.4, -0.2) is 22.8 Å². The van der Waals surface area contributed by atoms with Crippen molar-refractivity contribution in [2.24, 2.45) is 0 Å². The van der Waals surface area contributed by atoms with E-state index in [4.69, 9.17) is 4.74 Å². The maximum Gasteiger partial charge on any atom is 0.357 e. The molecule has 0 radical (unpaired) electrons. The van der Waals surface area contributed by atoms with Gasteiger partial charge in [0.1, 0.15) is 5.69 Å². The van der Waals surface area contributed by atoms with Gasteiger partial charge in [0.05, 0.1) is 11.1 Å². The molecule has 0 fully saturated rings. The third-order valence-electron chi connectivity index (χ3n) is 2.51. The van der Waals surface area contributed by atoms with Gasteiger partial charge < -0.3 is 4.74 Å². The van der Waals surface area contributed by atoms with Crippen LogP contribution in [0.1, 0.15) is 23.0 Å². The molecule has 18 heavy (non-hydrogen) atoms. The van der Waals surface area contributed by atoms with Crippen molar-refractivity contribution >= 4 is 21.9 Å². The van der Waals surface area contributed by atoms with Gasteiger partial charge in [-0.3, -0.25) is 5.10 Å². The van der Waals surface area contributed by atoms with Crippen molar-refractivity contribution in [1.29, 1.82) is 0 Å². The van der Waals surface area contributed by atoms with E-state index < -0.39 is 5.97 Å². The number of halogens is 1. The van der Waals surface area contributed by atoms with E-state index >= 15 is 0 Å². The highest BCUT2D eigenvalue weighted by Gasteiger charge is 2.18. The van der Waals surface area contributed by atoms with Crippen molar-refractivity contribution in [3.05, 3.63) is 40.0 Å². The third kappa shape index (κ3) is 2.46. The van der Waals surface area contributed by atoms with E-state index in [1.807, 2.05) is 31.2 Å². The van der Waals surface area contributed by atoms with Gasteiger partial charge in [0.15, 0.2) is 5.69 Å². The Morgan fingerprint density at radius 1 is 1.39 bits per heavy atom. The number of esters is 1. The van der Waals surface area contributed by atoms with Crippen LogP contribution in [0.3, 0.4) is 0 Å². The van der Waals surface area contributed by atoms with Gasteiger partial charge in [-0.1, -0.05) is 29.8 Å². The van der Waals surface area contributed by atoms with Crippen LogP contribution in [0.25, 0.3) is 11.3 Å². The second kappa shape index (κ2) is 5.35. The number of rotatable bonds is 3. The molecule has 0 saturated carbocycles. The van der Waals surface area contributed by atoms with Crippen LogP contribution < -0.4 is 0 Å². The van der Waals surface area contributed by atoms with E-state index in [1.54, 1.807) is 6.92 Å². The van der Waals surface area contributed by atoms with Gasteiger partial charge in [-0.15, -0.1) is 0 Å². The molecule has 0 bridgehead atoms. The smallest absolute Gasteiger partial charge is 0.357 e. The summed E-state index contributed by atoms with van der Waals surface area (Å²) in [6, 6.07) is 7.93. The van der Waals surface area contributed by atoms with Crippen molar-refractivity contribution in [3.8, 4) is 11.3 Å². The second-order valence-corrected chi connectivity index (χ2v) is 4.64. The van der Waals surface area contributed by atoms with Crippen LogP contribution in [0.15, 0.2) is 28.7 Å². The molecule has 0 aliphatic heterocycles. The maximum absolute atomic E-state index is 11.6. The van der Waals surface area contributed by atoms with Gasteiger partial charge in [-0.2, -0.15) is 5.10 Å². The molecule has 2 rings (SSSR count). The molecule has 1 heterocycles. The van der Waals surface area contributed by atoms with Crippen LogP contribution in [-0.2, 0) is 4.74 Å². The molecule has 1 N–H and O–H groups in total. The van der Waals surface area contributed by atoms with Gasteiger partial charge in [0.2, 0.25) is 0 Å². The number of H-pyrrole nitrogens is 1. The first kappa shape index (κ1) is 12.8. The van der Waals surface area contributed by atoms with E-state index in [1.165, 1.54) is 5.56 Å². The molecule has 0 unspecified atom stereocenters. The number of benzene rings is 1. The number of hydrogen-bond acceptors (Lipinski definition) is 3. The largest absolute Gasteiger partial charge is 0.461 e. The molecule has 94 valence electrons. The SMILES string of the molecule is CCOC(=O)c1[nH]nc(-c2ccc(C)cc2)c1Br. The molecule has 0 spiro atoms. The zero-order chi connectivity index (χ0) is 13.1. The first-order valence-electron chi connectivity index (χ1n) is 5.61. The summed E-state index contributed by atoms with van der Waals surface area (Å²) < 4.78 is 5.57. The Labute approximate surface area is 113 Å². The Hall–Kier alpha value is -1.62. The standard InChI is InChI=1S/C13H13BrN2O2/c1-3-18-13(17)12-10(14)11(15-16-12)9-6-4-8(2)5-7-9/h4-7H,3H2,1-2H3,(H,15,16). The Kier molecular flexibility index (Phi) is 3.81. The lowest BCUT2D eigenvalue weighted by molar-refractivity contribution is 0.0518. The van der Waals surface area contributed by atoms with E-state index in [0.29, 0.717) is 22.5 Å². The fourth-order valence-electron chi connectivity index (χ4n) is 1.57. The number of nitrogens with zero attached hydrogens (tertiary/aromatic N) is 1. The second-order valence-electron chi connectivity index (χ2n) is 3.85. The average molecular weight is 309 g/mol. The summed E-state index contributed by atoms with van der Waals surface area (Å²) in [6.45, 7) is 4.13. The van der Waals surface area contributed by atoms with E-state index in [0.717, 1.165) is 5.56 Å².